The highest BCUT2D eigenvalue weighted by atomic mass is 16.5. The summed E-state index contributed by atoms with van der Waals surface area (Å²) < 4.78 is 4.73. The van der Waals surface area contributed by atoms with Gasteiger partial charge in [0, 0.05) is 38.6 Å². The Morgan fingerprint density at radius 2 is 1.94 bits per heavy atom. The van der Waals surface area contributed by atoms with Crippen molar-refractivity contribution in [3.8, 4) is 0 Å². The van der Waals surface area contributed by atoms with Gasteiger partial charge in [0.1, 0.15) is 11.7 Å². The molecule has 5 nitrogen and oxygen atoms in total. The SMILES string of the molecule is COC(=O)C1CC(N2CCN(C)CC2)CCC1=O. The van der Waals surface area contributed by atoms with Gasteiger partial charge in [-0.2, -0.15) is 0 Å². The summed E-state index contributed by atoms with van der Waals surface area (Å²) >= 11 is 0. The Morgan fingerprint density at radius 3 is 2.56 bits per heavy atom. The van der Waals surface area contributed by atoms with Crippen LogP contribution < -0.4 is 0 Å². The molecule has 0 spiro atoms. The predicted octanol–water partition coefficient (Wildman–Crippen LogP) is 0.145. The number of nitrogens with zero attached hydrogens (tertiary/aromatic N) is 2. The first-order chi connectivity index (χ1) is 8.61. The largest absolute Gasteiger partial charge is 0.468 e. The van der Waals surface area contributed by atoms with Crippen LogP contribution in [0, 0.1) is 5.92 Å². The number of carbonyl (C=O) groups excluding carboxylic acids is 2. The summed E-state index contributed by atoms with van der Waals surface area (Å²) in [6.45, 7) is 4.19. The third kappa shape index (κ3) is 2.90. The first-order valence-corrected chi connectivity index (χ1v) is 6.65. The van der Waals surface area contributed by atoms with Crippen LogP contribution in [0.2, 0.25) is 0 Å². The number of ether oxygens (including phenoxy) is 1. The van der Waals surface area contributed by atoms with Crippen LogP contribution in [0.4, 0.5) is 0 Å². The number of Topliss-reactive ketones (excluding diaryl/α,β-unsaturated/α-hetero) is 1. The molecule has 1 aliphatic heterocycles. The van der Waals surface area contributed by atoms with E-state index >= 15 is 0 Å². The van der Waals surface area contributed by atoms with Crippen molar-refractivity contribution < 1.29 is 14.3 Å². The zero-order valence-electron chi connectivity index (χ0n) is 11.2. The van der Waals surface area contributed by atoms with E-state index in [1.54, 1.807) is 0 Å². The molecule has 0 N–H and O–H groups in total. The second-order valence-electron chi connectivity index (χ2n) is 5.31. The highest BCUT2D eigenvalue weighted by Crippen LogP contribution is 2.26. The van der Waals surface area contributed by atoms with E-state index in [9.17, 15) is 9.59 Å². The van der Waals surface area contributed by atoms with Crippen molar-refractivity contribution in [3.05, 3.63) is 0 Å². The van der Waals surface area contributed by atoms with Crippen LogP contribution in [0.3, 0.4) is 0 Å². The fraction of sp³-hybridized carbons (Fsp3) is 0.846. The number of rotatable bonds is 2. The summed E-state index contributed by atoms with van der Waals surface area (Å²) in [4.78, 5) is 28.1. The summed E-state index contributed by atoms with van der Waals surface area (Å²) in [5, 5.41) is 0. The normalized spacial score (nSPS) is 31.3. The monoisotopic (exact) mass is 254 g/mol. The van der Waals surface area contributed by atoms with Crippen molar-refractivity contribution >= 4 is 11.8 Å². The van der Waals surface area contributed by atoms with Crippen molar-refractivity contribution in [3.63, 3.8) is 0 Å². The average molecular weight is 254 g/mol. The minimum Gasteiger partial charge on any atom is -0.468 e. The number of methoxy groups -OCH3 is 1. The van der Waals surface area contributed by atoms with Crippen LogP contribution in [-0.4, -0.2) is 67.9 Å². The molecule has 1 saturated heterocycles. The number of hydrogen-bond donors (Lipinski definition) is 0. The van der Waals surface area contributed by atoms with Crippen LogP contribution in [-0.2, 0) is 14.3 Å². The molecule has 0 bridgehead atoms. The van der Waals surface area contributed by atoms with Gasteiger partial charge in [0.15, 0.2) is 0 Å². The minimum absolute atomic E-state index is 0.0484. The molecule has 2 rings (SSSR count). The number of carbonyl (C=O) groups is 2. The number of hydrogen-bond acceptors (Lipinski definition) is 5. The summed E-state index contributed by atoms with van der Waals surface area (Å²) in [6.07, 6.45) is 2.03. The van der Waals surface area contributed by atoms with Crippen molar-refractivity contribution in [2.75, 3.05) is 40.3 Å². The Morgan fingerprint density at radius 1 is 1.28 bits per heavy atom. The van der Waals surface area contributed by atoms with Crippen LogP contribution in [0.5, 0.6) is 0 Å². The van der Waals surface area contributed by atoms with Crippen LogP contribution in [0.25, 0.3) is 0 Å². The van der Waals surface area contributed by atoms with Gasteiger partial charge in [0.05, 0.1) is 7.11 Å². The van der Waals surface area contributed by atoms with Crippen molar-refractivity contribution in [1.29, 1.82) is 0 Å². The lowest BCUT2D eigenvalue weighted by Crippen LogP contribution is -2.51. The molecule has 0 amide bonds. The lowest BCUT2D eigenvalue weighted by molar-refractivity contribution is -0.151. The lowest BCUT2D eigenvalue weighted by atomic mass is 9.83. The van der Waals surface area contributed by atoms with Crippen LogP contribution in [0.1, 0.15) is 19.3 Å². The van der Waals surface area contributed by atoms with E-state index in [2.05, 4.69) is 16.8 Å². The number of ketones is 1. The first-order valence-electron chi connectivity index (χ1n) is 6.65. The molecule has 2 fully saturated rings. The molecule has 0 aromatic carbocycles. The quantitative estimate of drug-likeness (QED) is 0.518. The zero-order chi connectivity index (χ0) is 13.1. The van der Waals surface area contributed by atoms with E-state index in [1.165, 1.54) is 7.11 Å². The Bertz CT molecular complexity index is 316. The molecule has 2 aliphatic rings. The summed E-state index contributed by atoms with van der Waals surface area (Å²) in [5.74, 6) is -0.848. The molecule has 5 heteroatoms. The standard InChI is InChI=1S/C13H22N2O3/c1-14-5-7-15(8-6-14)10-3-4-12(16)11(9-10)13(17)18-2/h10-11H,3-9H2,1-2H3. The second-order valence-corrected chi connectivity index (χ2v) is 5.31. The summed E-state index contributed by atoms with van der Waals surface area (Å²) in [5.41, 5.74) is 0. The maximum absolute atomic E-state index is 11.7. The molecule has 1 saturated carbocycles. The number of likely N-dealkylation sites (N-methyl/N-ethyl adjacent to an activating group) is 1. The fourth-order valence-electron chi connectivity index (χ4n) is 2.89. The van der Waals surface area contributed by atoms with Gasteiger partial charge in [0.25, 0.3) is 0 Å². The van der Waals surface area contributed by atoms with E-state index in [-0.39, 0.29) is 11.8 Å². The molecular formula is C13H22N2O3. The lowest BCUT2D eigenvalue weighted by Gasteiger charge is -2.40. The molecule has 18 heavy (non-hydrogen) atoms. The van der Waals surface area contributed by atoms with Crippen molar-refractivity contribution in [1.82, 2.24) is 9.80 Å². The van der Waals surface area contributed by atoms with E-state index in [1.807, 2.05) is 0 Å². The Labute approximate surface area is 108 Å². The number of piperazine rings is 1. The molecule has 2 atom stereocenters. The van der Waals surface area contributed by atoms with Crippen LogP contribution in [0.15, 0.2) is 0 Å². The van der Waals surface area contributed by atoms with Crippen LogP contribution >= 0.6 is 0 Å². The smallest absolute Gasteiger partial charge is 0.316 e. The molecule has 102 valence electrons. The Kier molecular flexibility index (Phi) is 4.35. The highest BCUT2D eigenvalue weighted by Gasteiger charge is 2.37. The topological polar surface area (TPSA) is 49.9 Å². The summed E-state index contributed by atoms with van der Waals surface area (Å²) in [7, 11) is 3.48. The van der Waals surface area contributed by atoms with E-state index in [0.717, 1.165) is 32.6 Å². The van der Waals surface area contributed by atoms with Gasteiger partial charge in [-0.3, -0.25) is 14.5 Å². The molecule has 2 unspecified atom stereocenters. The molecule has 1 heterocycles. The molecule has 0 aromatic heterocycles. The minimum atomic E-state index is -0.534. The van der Waals surface area contributed by atoms with Crippen molar-refractivity contribution in [2.45, 2.75) is 25.3 Å². The van der Waals surface area contributed by atoms with E-state index in [0.29, 0.717) is 18.9 Å². The van der Waals surface area contributed by atoms with E-state index < -0.39 is 5.92 Å². The van der Waals surface area contributed by atoms with Gasteiger partial charge >= 0.3 is 5.97 Å². The highest BCUT2D eigenvalue weighted by molar-refractivity contribution is 5.99. The third-order valence-corrected chi connectivity index (χ3v) is 4.16. The van der Waals surface area contributed by atoms with Gasteiger partial charge in [-0.05, 0) is 19.9 Å². The molecule has 0 radical (unpaired) electrons. The fourth-order valence-corrected chi connectivity index (χ4v) is 2.89. The van der Waals surface area contributed by atoms with E-state index in [4.69, 9.17) is 4.74 Å². The number of esters is 1. The second kappa shape index (κ2) is 5.80. The van der Waals surface area contributed by atoms with Gasteiger partial charge in [-0.15, -0.1) is 0 Å². The summed E-state index contributed by atoms with van der Waals surface area (Å²) in [6, 6.07) is 0.362. The molecular weight excluding hydrogens is 232 g/mol. The maximum atomic E-state index is 11.7. The zero-order valence-corrected chi connectivity index (χ0v) is 11.2. The Balaban J connectivity index is 1.94. The maximum Gasteiger partial charge on any atom is 0.316 e. The van der Waals surface area contributed by atoms with Gasteiger partial charge < -0.3 is 9.64 Å². The molecule has 1 aliphatic carbocycles. The predicted molar refractivity (Wildman–Crippen MR) is 67.2 cm³/mol. The van der Waals surface area contributed by atoms with Gasteiger partial charge in [-0.25, -0.2) is 0 Å². The average Bonchev–Trinajstić information content (AvgIpc) is 2.39. The third-order valence-electron chi connectivity index (χ3n) is 4.16. The Hall–Kier alpha value is -0.940. The van der Waals surface area contributed by atoms with Crippen molar-refractivity contribution in [2.24, 2.45) is 5.92 Å². The van der Waals surface area contributed by atoms with Gasteiger partial charge in [-0.1, -0.05) is 0 Å². The first kappa shape index (κ1) is 13.5. The molecule has 0 aromatic rings. The van der Waals surface area contributed by atoms with Gasteiger partial charge in [0.2, 0.25) is 0 Å².